The van der Waals surface area contributed by atoms with Crippen LogP contribution in [0, 0.1) is 5.82 Å². The summed E-state index contributed by atoms with van der Waals surface area (Å²) in [6.07, 6.45) is 1.71. The standard InChI is InChI=1S/C19H23FN2O3S/c1-5-26-18-17(19(24)25)12(2)9-16(21(4)13(3)23)22(18)11-14-7-6-8-15(20)10-14/h6-10,18H,5,11H2,1-4H3,(H,24,25). The molecule has 140 valence electrons. The molecular weight excluding hydrogens is 355 g/mol. The summed E-state index contributed by atoms with van der Waals surface area (Å²) in [6.45, 7) is 5.44. The lowest BCUT2D eigenvalue weighted by molar-refractivity contribution is -0.133. The fraction of sp³-hybridized carbons (Fsp3) is 0.368. The Morgan fingerprint density at radius 1 is 1.38 bits per heavy atom. The monoisotopic (exact) mass is 378 g/mol. The Bertz CT molecular complexity index is 776. The molecule has 1 aromatic carbocycles. The van der Waals surface area contributed by atoms with Crippen LogP contribution in [0.4, 0.5) is 4.39 Å². The third-order valence-corrected chi connectivity index (χ3v) is 5.35. The fourth-order valence-corrected chi connectivity index (χ4v) is 4.01. The smallest absolute Gasteiger partial charge is 0.334 e. The number of allylic oxidation sites excluding steroid dienone is 2. The third-order valence-electron chi connectivity index (χ3n) is 4.21. The second-order valence-electron chi connectivity index (χ2n) is 6.05. The number of hydrogen-bond acceptors (Lipinski definition) is 4. The summed E-state index contributed by atoms with van der Waals surface area (Å²) in [6, 6.07) is 6.19. The first-order chi connectivity index (χ1) is 12.3. The minimum absolute atomic E-state index is 0.160. The molecule has 1 unspecified atom stereocenters. The van der Waals surface area contributed by atoms with Crippen molar-refractivity contribution in [1.29, 1.82) is 0 Å². The highest BCUT2D eigenvalue weighted by Crippen LogP contribution is 2.36. The summed E-state index contributed by atoms with van der Waals surface area (Å²) in [5, 5.41) is 9.23. The minimum Gasteiger partial charge on any atom is -0.478 e. The van der Waals surface area contributed by atoms with Crippen molar-refractivity contribution < 1.29 is 19.1 Å². The molecular formula is C19H23FN2O3S. The van der Waals surface area contributed by atoms with Crippen LogP contribution in [0.15, 0.2) is 47.3 Å². The van der Waals surface area contributed by atoms with Gasteiger partial charge in [-0.2, -0.15) is 0 Å². The molecule has 7 heteroatoms. The number of carbonyl (C=O) groups excluding carboxylic acids is 1. The van der Waals surface area contributed by atoms with Crippen molar-refractivity contribution in [1.82, 2.24) is 9.80 Å². The molecule has 0 saturated carbocycles. The van der Waals surface area contributed by atoms with E-state index >= 15 is 0 Å². The number of rotatable bonds is 6. The molecule has 1 aliphatic rings. The summed E-state index contributed by atoms with van der Waals surface area (Å²) in [5.74, 6) is -0.193. The number of carbonyl (C=O) groups is 2. The number of carboxylic acids is 1. The molecule has 26 heavy (non-hydrogen) atoms. The zero-order valence-electron chi connectivity index (χ0n) is 15.3. The van der Waals surface area contributed by atoms with E-state index < -0.39 is 11.3 Å². The molecule has 1 heterocycles. The molecule has 1 aliphatic heterocycles. The maximum atomic E-state index is 13.6. The van der Waals surface area contributed by atoms with Gasteiger partial charge in [0.15, 0.2) is 0 Å². The van der Waals surface area contributed by atoms with Gasteiger partial charge < -0.3 is 14.9 Å². The number of benzene rings is 1. The van der Waals surface area contributed by atoms with Crippen LogP contribution in [0.1, 0.15) is 26.3 Å². The topological polar surface area (TPSA) is 60.9 Å². The minimum atomic E-state index is -0.988. The first-order valence-corrected chi connectivity index (χ1v) is 9.33. The Labute approximate surface area is 157 Å². The quantitative estimate of drug-likeness (QED) is 0.822. The maximum Gasteiger partial charge on any atom is 0.334 e. The van der Waals surface area contributed by atoms with Gasteiger partial charge in [0.05, 0.1) is 5.57 Å². The van der Waals surface area contributed by atoms with Crippen LogP contribution in [0.25, 0.3) is 0 Å². The lowest BCUT2D eigenvalue weighted by Crippen LogP contribution is -2.44. The van der Waals surface area contributed by atoms with Crippen molar-refractivity contribution in [3.63, 3.8) is 0 Å². The van der Waals surface area contributed by atoms with Crippen molar-refractivity contribution >= 4 is 23.6 Å². The zero-order chi connectivity index (χ0) is 19.4. The third kappa shape index (κ3) is 4.27. The normalized spacial score (nSPS) is 17.2. The van der Waals surface area contributed by atoms with Crippen LogP contribution in [-0.4, -0.2) is 45.0 Å². The Kier molecular flexibility index (Phi) is 6.47. The molecule has 0 saturated heterocycles. The summed E-state index contributed by atoms with van der Waals surface area (Å²) < 4.78 is 13.6. The van der Waals surface area contributed by atoms with Crippen LogP contribution in [0.3, 0.4) is 0 Å². The molecule has 0 aliphatic carbocycles. The number of carboxylic acid groups (broad SMARTS) is 1. The molecule has 0 radical (unpaired) electrons. The van der Waals surface area contributed by atoms with Crippen molar-refractivity contribution in [3.8, 4) is 0 Å². The van der Waals surface area contributed by atoms with Gasteiger partial charge in [-0.3, -0.25) is 4.79 Å². The molecule has 1 aromatic rings. The SMILES string of the molecule is CCSC1C(C(=O)O)=C(C)C=C(N(C)C(C)=O)N1Cc1cccc(F)c1. The van der Waals surface area contributed by atoms with Crippen molar-refractivity contribution in [3.05, 3.63) is 58.7 Å². The predicted octanol–water partition coefficient (Wildman–Crippen LogP) is 3.44. The summed E-state index contributed by atoms with van der Waals surface area (Å²) in [5.41, 5.74) is 1.61. The van der Waals surface area contributed by atoms with Crippen molar-refractivity contribution in [2.24, 2.45) is 0 Å². The average Bonchev–Trinajstić information content (AvgIpc) is 2.56. The summed E-state index contributed by atoms with van der Waals surface area (Å²) in [4.78, 5) is 27.1. The number of amides is 1. The van der Waals surface area contributed by atoms with Gasteiger partial charge in [0.1, 0.15) is 17.0 Å². The van der Waals surface area contributed by atoms with E-state index in [1.165, 1.54) is 35.7 Å². The lowest BCUT2D eigenvalue weighted by atomic mass is 10.0. The first kappa shape index (κ1) is 20.0. The molecule has 0 aromatic heterocycles. The number of hydrogen-bond donors (Lipinski definition) is 1. The van der Waals surface area contributed by atoms with E-state index in [1.54, 1.807) is 32.2 Å². The van der Waals surface area contributed by atoms with Gasteiger partial charge in [0.25, 0.3) is 0 Å². The Morgan fingerprint density at radius 2 is 2.08 bits per heavy atom. The van der Waals surface area contributed by atoms with Gasteiger partial charge in [-0.1, -0.05) is 19.1 Å². The van der Waals surface area contributed by atoms with Gasteiger partial charge in [0.2, 0.25) is 5.91 Å². The summed E-state index contributed by atoms with van der Waals surface area (Å²) in [7, 11) is 1.65. The van der Waals surface area contributed by atoms with Crippen LogP contribution in [0.5, 0.6) is 0 Å². The van der Waals surface area contributed by atoms with Crippen LogP contribution < -0.4 is 0 Å². The fourth-order valence-electron chi connectivity index (χ4n) is 2.88. The van der Waals surface area contributed by atoms with Gasteiger partial charge >= 0.3 is 5.97 Å². The molecule has 0 bridgehead atoms. The second-order valence-corrected chi connectivity index (χ2v) is 7.41. The number of aliphatic carboxylic acids is 1. The Balaban J connectivity index is 2.54. The van der Waals surface area contributed by atoms with Crippen LogP contribution in [0.2, 0.25) is 0 Å². The van der Waals surface area contributed by atoms with E-state index in [2.05, 4.69) is 0 Å². The molecule has 2 rings (SSSR count). The zero-order valence-corrected chi connectivity index (χ0v) is 16.1. The van der Waals surface area contributed by atoms with Gasteiger partial charge in [-0.15, -0.1) is 11.8 Å². The molecule has 1 N–H and O–H groups in total. The van der Waals surface area contributed by atoms with E-state index in [-0.39, 0.29) is 17.3 Å². The second kappa shape index (κ2) is 8.40. The number of nitrogens with zero attached hydrogens (tertiary/aromatic N) is 2. The average molecular weight is 378 g/mol. The molecule has 0 spiro atoms. The van der Waals surface area contributed by atoms with Gasteiger partial charge in [-0.05, 0) is 42.0 Å². The van der Waals surface area contributed by atoms with E-state index in [4.69, 9.17) is 0 Å². The highest BCUT2D eigenvalue weighted by atomic mass is 32.2. The highest BCUT2D eigenvalue weighted by molar-refractivity contribution is 8.00. The van der Waals surface area contributed by atoms with Crippen LogP contribution in [-0.2, 0) is 16.1 Å². The van der Waals surface area contributed by atoms with E-state index in [0.717, 1.165) is 0 Å². The largest absolute Gasteiger partial charge is 0.478 e. The molecule has 5 nitrogen and oxygen atoms in total. The molecule has 1 atom stereocenters. The Morgan fingerprint density at radius 3 is 2.62 bits per heavy atom. The summed E-state index contributed by atoms with van der Waals surface area (Å²) >= 11 is 1.47. The van der Waals surface area contributed by atoms with E-state index in [0.29, 0.717) is 29.3 Å². The van der Waals surface area contributed by atoms with Crippen molar-refractivity contribution in [2.75, 3.05) is 12.8 Å². The highest BCUT2D eigenvalue weighted by Gasteiger charge is 2.35. The van der Waals surface area contributed by atoms with Crippen molar-refractivity contribution in [2.45, 2.75) is 32.7 Å². The predicted molar refractivity (Wildman–Crippen MR) is 101 cm³/mol. The number of thioether (sulfide) groups is 1. The molecule has 1 amide bonds. The van der Waals surface area contributed by atoms with Gasteiger partial charge in [-0.25, -0.2) is 9.18 Å². The van der Waals surface area contributed by atoms with Gasteiger partial charge in [0, 0.05) is 20.5 Å². The van der Waals surface area contributed by atoms with E-state index in [1.807, 2.05) is 11.8 Å². The number of halogens is 1. The first-order valence-electron chi connectivity index (χ1n) is 8.29. The molecule has 0 fully saturated rings. The lowest BCUT2D eigenvalue weighted by Gasteiger charge is -2.41. The van der Waals surface area contributed by atoms with Crippen LogP contribution >= 0.6 is 11.8 Å². The maximum absolute atomic E-state index is 13.6. The van der Waals surface area contributed by atoms with E-state index in [9.17, 15) is 19.1 Å². The Hall–Kier alpha value is -2.28.